The average molecular weight is 293 g/mol. The van der Waals surface area contributed by atoms with Crippen molar-refractivity contribution in [2.45, 2.75) is 0 Å². The van der Waals surface area contributed by atoms with Crippen molar-refractivity contribution in [1.82, 2.24) is 9.97 Å². The fourth-order valence-corrected chi connectivity index (χ4v) is 2.13. The molecule has 0 aliphatic rings. The van der Waals surface area contributed by atoms with E-state index in [2.05, 4.69) is 21.2 Å². The highest BCUT2D eigenvalue weighted by atomic mass is 19.1. The van der Waals surface area contributed by atoms with E-state index in [4.69, 9.17) is 11.2 Å². The number of fused-ring (bicyclic) bond motifs is 1. The summed E-state index contributed by atoms with van der Waals surface area (Å²) in [5, 5.41) is 3.72. The Bertz CT molecular complexity index is 887. The molecule has 1 heterocycles. The molecule has 0 unspecified atom stereocenters. The summed E-state index contributed by atoms with van der Waals surface area (Å²) < 4.78 is 19.4. The molecule has 0 saturated carbocycles. The number of benzene rings is 2. The largest absolute Gasteiger partial charge is 0.497 e. The molecule has 0 fully saturated rings. The minimum absolute atomic E-state index is 0.199. The molecule has 0 saturated heterocycles. The number of rotatable bonds is 3. The van der Waals surface area contributed by atoms with Crippen LogP contribution >= 0.6 is 0 Å². The maximum Gasteiger partial charge on any atom is 0.162 e. The van der Waals surface area contributed by atoms with Crippen LogP contribution in [0.25, 0.3) is 10.9 Å². The van der Waals surface area contributed by atoms with Gasteiger partial charge in [0, 0.05) is 11.5 Å². The zero-order chi connectivity index (χ0) is 15.5. The maximum absolute atomic E-state index is 14.2. The first-order valence-electron chi connectivity index (χ1n) is 6.54. The number of hydrogen-bond donors (Lipinski definition) is 1. The number of ether oxygens (including phenoxy) is 1. The predicted molar refractivity (Wildman–Crippen MR) is 83.7 cm³/mol. The van der Waals surface area contributed by atoms with Gasteiger partial charge in [-0.1, -0.05) is 12.0 Å². The van der Waals surface area contributed by atoms with Crippen molar-refractivity contribution >= 4 is 22.4 Å². The average Bonchev–Trinajstić information content (AvgIpc) is 2.56. The van der Waals surface area contributed by atoms with Gasteiger partial charge in [-0.2, -0.15) is 0 Å². The first-order chi connectivity index (χ1) is 10.7. The highest BCUT2D eigenvalue weighted by Gasteiger charge is 2.10. The van der Waals surface area contributed by atoms with E-state index in [-0.39, 0.29) is 11.3 Å². The summed E-state index contributed by atoms with van der Waals surface area (Å²) >= 11 is 0. The van der Waals surface area contributed by atoms with Crippen LogP contribution in [-0.2, 0) is 0 Å². The van der Waals surface area contributed by atoms with Crippen molar-refractivity contribution in [2.75, 3.05) is 12.4 Å². The van der Waals surface area contributed by atoms with E-state index in [1.165, 1.54) is 6.33 Å². The number of aromatic nitrogens is 2. The number of nitrogens with zero attached hydrogens (tertiary/aromatic N) is 2. The van der Waals surface area contributed by atoms with E-state index in [1.54, 1.807) is 37.4 Å². The molecule has 1 N–H and O–H groups in total. The molecule has 0 spiro atoms. The van der Waals surface area contributed by atoms with Crippen molar-refractivity contribution in [3.05, 3.63) is 54.1 Å². The lowest BCUT2D eigenvalue weighted by atomic mass is 10.2. The van der Waals surface area contributed by atoms with Gasteiger partial charge in [-0.3, -0.25) is 0 Å². The molecule has 22 heavy (non-hydrogen) atoms. The molecule has 2 aromatic carbocycles. The minimum atomic E-state index is -0.481. The molecule has 0 amide bonds. The van der Waals surface area contributed by atoms with Crippen molar-refractivity contribution in [3.63, 3.8) is 0 Å². The van der Waals surface area contributed by atoms with Crippen LogP contribution in [0.1, 0.15) is 5.56 Å². The summed E-state index contributed by atoms with van der Waals surface area (Å²) in [4.78, 5) is 8.36. The van der Waals surface area contributed by atoms with E-state index in [0.717, 1.165) is 5.39 Å². The molecule has 3 aromatic rings. The van der Waals surface area contributed by atoms with E-state index in [1.807, 2.05) is 6.07 Å². The highest BCUT2D eigenvalue weighted by molar-refractivity contribution is 5.91. The van der Waals surface area contributed by atoms with Crippen LogP contribution in [0.2, 0.25) is 0 Å². The second-order valence-electron chi connectivity index (χ2n) is 4.54. The molecule has 108 valence electrons. The second kappa shape index (κ2) is 5.70. The fourth-order valence-electron chi connectivity index (χ4n) is 2.13. The van der Waals surface area contributed by atoms with Gasteiger partial charge in [0.2, 0.25) is 0 Å². The molecular formula is C17H12FN3O. The zero-order valence-electron chi connectivity index (χ0n) is 11.8. The van der Waals surface area contributed by atoms with Gasteiger partial charge in [0.15, 0.2) is 5.82 Å². The van der Waals surface area contributed by atoms with Gasteiger partial charge < -0.3 is 10.1 Å². The first kappa shape index (κ1) is 13.8. The first-order valence-corrected chi connectivity index (χ1v) is 6.54. The molecule has 1 aromatic heterocycles. The molecule has 0 aliphatic heterocycles. The molecule has 0 bridgehead atoms. The van der Waals surface area contributed by atoms with Crippen LogP contribution in [0.15, 0.2) is 42.7 Å². The normalized spacial score (nSPS) is 10.2. The molecular weight excluding hydrogens is 281 g/mol. The third-order valence-corrected chi connectivity index (χ3v) is 3.25. The van der Waals surface area contributed by atoms with Gasteiger partial charge >= 0.3 is 0 Å². The predicted octanol–water partition coefficient (Wildman–Crippen LogP) is 3.50. The maximum atomic E-state index is 14.2. The number of hydrogen-bond acceptors (Lipinski definition) is 4. The zero-order valence-corrected chi connectivity index (χ0v) is 11.8. The summed E-state index contributed by atoms with van der Waals surface area (Å²) in [7, 11) is 1.59. The summed E-state index contributed by atoms with van der Waals surface area (Å²) in [6.45, 7) is 0. The summed E-state index contributed by atoms with van der Waals surface area (Å²) in [6.07, 6.45) is 6.69. The topological polar surface area (TPSA) is 47.0 Å². The van der Waals surface area contributed by atoms with Crippen molar-refractivity contribution in [1.29, 1.82) is 0 Å². The van der Waals surface area contributed by atoms with Gasteiger partial charge in [0.05, 0.1) is 23.9 Å². The minimum Gasteiger partial charge on any atom is -0.497 e. The number of terminal acetylenes is 1. The van der Waals surface area contributed by atoms with E-state index in [9.17, 15) is 4.39 Å². The Balaban J connectivity index is 2.07. The Labute approximate surface area is 127 Å². The number of nitrogens with one attached hydrogen (secondary N) is 1. The second-order valence-corrected chi connectivity index (χ2v) is 4.54. The Morgan fingerprint density at radius 3 is 2.86 bits per heavy atom. The fraction of sp³-hybridized carbons (Fsp3) is 0.0588. The molecule has 0 atom stereocenters. The van der Waals surface area contributed by atoms with Gasteiger partial charge in [-0.15, -0.1) is 6.42 Å². The van der Waals surface area contributed by atoms with Gasteiger partial charge in [0.1, 0.15) is 17.9 Å². The summed E-state index contributed by atoms with van der Waals surface area (Å²) in [5.74, 6) is 3.02. The Hall–Kier alpha value is -3.13. The Morgan fingerprint density at radius 1 is 1.23 bits per heavy atom. The molecule has 5 heteroatoms. The lowest BCUT2D eigenvalue weighted by molar-refractivity contribution is 0.415. The number of anilines is 2. The molecule has 4 nitrogen and oxygen atoms in total. The summed E-state index contributed by atoms with van der Waals surface area (Å²) in [5.41, 5.74) is 1.17. The van der Waals surface area contributed by atoms with Crippen LogP contribution in [0.3, 0.4) is 0 Å². The van der Waals surface area contributed by atoms with Crippen LogP contribution in [0, 0.1) is 18.2 Å². The van der Waals surface area contributed by atoms with Crippen LogP contribution < -0.4 is 10.1 Å². The van der Waals surface area contributed by atoms with Gasteiger partial charge in [-0.05, 0) is 24.3 Å². The molecule has 0 aliphatic carbocycles. The summed E-state index contributed by atoms with van der Waals surface area (Å²) in [6, 6.07) is 10.2. The van der Waals surface area contributed by atoms with E-state index >= 15 is 0 Å². The van der Waals surface area contributed by atoms with E-state index < -0.39 is 5.82 Å². The quantitative estimate of drug-likeness (QED) is 0.751. The Kier molecular flexibility index (Phi) is 3.58. The smallest absolute Gasteiger partial charge is 0.162 e. The van der Waals surface area contributed by atoms with Gasteiger partial charge in [0.25, 0.3) is 0 Å². The van der Waals surface area contributed by atoms with Crippen LogP contribution in [0.4, 0.5) is 15.9 Å². The third kappa shape index (κ3) is 2.42. The van der Waals surface area contributed by atoms with Crippen molar-refractivity contribution in [2.24, 2.45) is 0 Å². The third-order valence-electron chi connectivity index (χ3n) is 3.25. The number of halogens is 1. The monoisotopic (exact) mass is 293 g/mol. The van der Waals surface area contributed by atoms with Gasteiger partial charge in [-0.25, -0.2) is 14.4 Å². The molecule has 3 rings (SSSR count). The van der Waals surface area contributed by atoms with Crippen LogP contribution in [0.5, 0.6) is 5.75 Å². The lowest BCUT2D eigenvalue weighted by Crippen LogP contribution is -1.99. The van der Waals surface area contributed by atoms with E-state index in [0.29, 0.717) is 17.1 Å². The SMILES string of the molecule is C#Cc1cccc(Nc2ncnc3cc(OC)ccc23)c1F. The molecule has 0 radical (unpaired) electrons. The Morgan fingerprint density at radius 2 is 2.09 bits per heavy atom. The van der Waals surface area contributed by atoms with Crippen molar-refractivity contribution < 1.29 is 9.13 Å². The highest BCUT2D eigenvalue weighted by Crippen LogP contribution is 2.27. The lowest BCUT2D eigenvalue weighted by Gasteiger charge is -2.10. The number of methoxy groups -OCH3 is 1. The van der Waals surface area contributed by atoms with Crippen molar-refractivity contribution in [3.8, 4) is 18.1 Å². The van der Waals surface area contributed by atoms with Crippen LogP contribution in [-0.4, -0.2) is 17.1 Å². The standard InChI is InChI=1S/C17H12FN3O/c1-3-11-5-4-6-14(16(11)18)21-17-13-8-7-12(22-2)9-15(13)19-10-20-17/h1,4-10H,2H3,(H,19,20,21).